The lowest BCUT2D eigenvalue weighted by atomic mass is 10.1. The molecule has 2 rings (SSSR count). The number of ether oxygens (including phenoxy) is 1. The SMILES string of the molecule is CCCOc1ccc(Cl)cc1NC(=O)C1CCNC1. The van der Waals surface area contributed by atoms with Gasteiger partial charge in [0.15, 0.2) is 0 Å². The van der Waals surface area contributed by atoms with Crippen molar-refractivity contribution in [3.05, 3.63) is 23.2 Å². The maximum atomic E-state index is 12.1. The van der Waals surface area contributed by atoms with Crippen molar-refractivity contribution in [3.63, 3.8) is 0 Å². The van der Waals surface area contributed by atoms with Gasteiger partial charge in [0.25, 0.3) is 0 Å². The molecule has 19 heavy (non-hydrogen) atoms. The largest absolute Gasteiger partial charge is 0.491 e. The van der Waals surface area contributed by atoms with Crippen LogP contribution in [0.3, 0.4) is 0 Å². The summed E-state index contributed by atoms with van der Waals surface area (Å²) in [7, 11) is 0. The molecule has 0 aromatic heterocycles. The number of carbonyl (C=O) groups is 1. The van der Waals surface area contributed by atoms with Crippen LogP contribution in [-0.4, -0.2) is 25.6 Å². The molecule has 1 amide bonds. The third kappa shape index (κ3) is 3.85. The number of benzene rings is 1. The van der Waals surface area contributed by atoms with Crippen LogP contribution in [0, 0.1) is 5.92 Å². The van der Waals surface area contributed by atoms with Gasteiger partial charge in [0.1, 0.15) is 5.75 Å². The standard InChI is InChI=1S/C14H19ClN2O2/c1-2-7-19-13-4-3-11(15)8-12(13)17-14(18)10-5-6-16-9-10/h3-4,8,10,16H,2,5-7,9H2,1H3,(H,17,18). The minimum Gasteiger partial charge on any atom is -0.491 e. The van der Waals surface area contributed by atoms with Gasteiger partial charge in [-0.25, -0.2) is 0 Å². The first-order valence-corrected chi connectivity index (χ1v) is 7.02. The third-order valence-corrected chi connectivity index (χ3v) is 3.33. The molecule has 0 aliphatic carbocycles. The fourth-order valence-corrected chi connectivity index (χ4v) is 2.22. The second-order valence-electron chi connectivity index (χ2n) is 4.67. The van der Waals surface area contributed by atoms with E-state index in [0.717, 1.165) is 25.9 Å². The Labute approximate surface area is 118 Å². The van der Waals surface area contributed by atoms with Crippen molar-refractivity contribution in [2.45, 2.75) is 19.8 Å². The van der Waals surface area contributed by atoms with Gasteiger partial charge in [0, 0.05) is 11.6 Å². The molecule has 0 radical (unpaired) electrons. The molecule has 5 heteroatoms. The fourth-order valence-electron chi connectivity index (χ4n) is 2.05. The summed E-state index contributed by atoms with van der Waals surface area (Å²) in [5, 5.41) is 6.68. The molecule has 4 nitrogen and oxygen atoms in total. The van der Waals surface area contributed by atoms with E-state index in [1.807, 2.05) is 6.92 Å². The van der Waals surface area contributed by atoms with Crippen LogP contribution in [0.15, 0.2) is 18.2 Å². The highest BCUT2D eigenvalue weighted by Gasteiger charge is 2.23. The maximum absolute atomic E-state index is 12.1. The minimum absolute atomic E-state index is 0.0219. The first kappa shape index (κ1) is 14.2. The van der Waals surface area contributed by atoms with Crippen molar-refractivity contribution in [2.24, 2.45) is 5.92 Å². The summed E-state index contributed by atoms with van der Waals surface area (Å²) in [5.74, 6) is 0.720. The molecule has 1 fully saturated rings. The second-order valence-corrected chi connectivity index (χ2v) is 5.10. The average molecular weight is 283 g/mol. The Balaban J connectivity index is 2.08. The lowest BCUT2D eigenvalue weighted by molar-refractivity contribution is -0.119. The van der Waals surface area contributed by atoms with E-state index in [4.69, 9.17) is 16.3 Å². The van der Waals surface area contributed by atoms with E-state index in [2.05, 4.69) is 10.6 Å². The zero-order valence-electron chi connectivity index (χ0n) is 11.0. The van der Waals surface area contributed by atoms with Crippen molar-refractivity contribution >= 4 is 23.2 Å². The van der Waals surface area contributed by atoms with Gasteiger partial charge in [-0.15, -0.1) is 0 Å². The van der Waals surface area contributed by atoms with Crippen molar-refractivity contribution in [1.29, 1.82) is 0 Å². The molecule has 1 aromatic carbocycles. The summed E-state index contributed by atoms with van der Waals surface area (Å²) < 4.78 is 5.62. The Morgan fingerprint density at radius 1 is 1.58 bits per heavy atom. The van der Waals surface area contributed by atoms with Crippen molar-refractivity contribution in [2.75, 3.05) is 25.0 Å². The molecule has 1 heterocycles. The predicted octanol–water partition coefficient (Wildman–Crippen LogP) is 2.68. The van der Waals surface area contributed by atoms with Crippen LogP contribution in [0.5, 0.6) is 5.75 Å². The smallest absolute Gasteiger partial charge is 0.228 e. The Morgan fingerprint density at radius 2 is 2.42 bits per heavy atom. The van der Waals surface area contributed by atoms with E-state index in [9.17, 15) is 4.79 Å². The van der Waals surface area contributed by atoms with E-state index in [0.29, 0.717) is 23.1 Å². The van der Waals surface area contributed by atoms with Gasteiger partial charge in [0.2, 0.25) is 5.91 Å². The van der Waals surface area contributed by atoms with Crippen molar-refractivity contribution in [3.8, 4) is 5.75 Å². The summed E-state index contributed by atoms with van der Waals surface area (Å²) in [4.78, 5) is 12.1. The molecule has 1 atom stereocenters. The molecule has 1 unspecified atom stereocenters. The molecule has 1 aromatic rings. The molecule has 1 aliphatic rings. The molecular formula is C14H19ClN2O2. The highest BCUT2D eigenvalue weighted by molar-refractivity contribution is 6.31. The number of carbonyl (C=O) groups excluding carboxylic acids is 1. The van der Waals surface area contributed by atoms with Gasteiger partial charge in [0.05, 0.1) is 18.2 Å². The van der Waals surface area contributed by atoms with Gasteiger partial charge >= 0.3 is 0 Å². The normalized spacial score (nSPS) is 18.3. The van der Waals surface area contributed by atoms with Crippen LogP contribution in [0.4, 0.5) is 5.69 Å². The Bertz CT molecular complexity index is 445. The fraction of sp³-hybridized carbons (Fsp3) is 0.500. The number of halogens is 1. The zero-order chi connectivity index (χ0) is 13.7. The van der Waals surface area contributed by atoms with Crippen molar-refractivity contribution in [1.82, 2.24) is 5.32 Å². The predicted molar refractivity (Wildman–Crippen MR) is 76.8 cm³/mol. The van der Waals surface area contributed by atoms with Crippen LogP contribution < -0.4 is 15.4 Å². The first-order valence-electron chi connectivity index (χ1n) is 6.64. The zero-order valence-corrected chi connectivity index (χ0v) is 11.8. The molecule has 1 saturated heterocycles. The topological polar surface area (TPSA) is 50.4 Å². The van der Waals surface area contributed by atoms with E-state index < -0.39 is 0 Å². The van der Waals surface area contributed by atoms with Gasteiger partial charge < -0.3 is 15.4 Å². The first-order chi connectivity index (χ1) is 9.20. The number of nitrogens with one attached hydrogen (secondary N) is 2. The Hall–Kier alpha value is -1.26. The molecule has 0 saturated carbocycles. The number of amides is 1. The van der Waals surface area contributed by atoms with Crippen LogP contribution in [0.1, 0.15) is 19.8 Å². The average Bonchev–Trinajstić information content (AvgIpc) is 2.92. The van der Waals surface area contributed by atoms with E-state index in [-0.39, 0.29) is 11.8 Å². The molecule has 0 spiro atoms. The summed E-state index contributed by atoms with van der Waals surface area (Å²) in [6.45, 7) is 4.29. The number of anilines is 1. The van der Waals surface area contributed by atoms with E-state index in [1.54, 1.807) is 18.2 Å². The minimum atomic E-state index is 0.0219. The van der Waals surface area contributed by atoms with Gasteiger partial charge in [-0.1, -0.05) is 18.5 Å². The Morgan fingerprint density at radius 3 is 3.11 bits per heavy atom. The van der Waals surface area contributed by atoms with E-state index >= 15 is 0 Å². The lowest BCUT2D eigenvalue weighted by Gasteiger charge is -2.14. The van der Waals surface area contributed by atoms with E-state index in [1.165, 1.54) is 0 Å². The molecule has 2 N–H and O–H groups in total. The maximum Gasteiger partial charge on any atom is 0.228 e. The lowest BCUT2D eigenvalue weighted by Crippen LogP contribution is -2.24. The number of hydrogen-bond acceptors (Lipinski definition) is 3. The molecule has 104 valence electrons. The van der Waals surface area contributed by atoms with Gasteiger partial charge in [-0.05, 0) is 37.6 Å². The molecule has 0 bridgehead atoms. The monoisotopic (exact) mass is 282 g/mol. The summed E-state index contributed by atoms with van der Waals surface area (Å²) in [6, 6.07) is 5.28. The number of hydrogen-bond donors (Lipinski definition) is 2. The quantitative estimate of drug-likeness (QED) is 0.873. The highest BCUT2D eigenvalue weighted by atomic mass is 35.5. The second kappa shape index (κ2) is 6.78. The summed E-state index contributed by atoms with van der Waals surface area (Å²) >= 11 is 5.97. The molecule has 1 aliphatic heterocycles. The highest BCUT2D eigenvalue weighted by Crippen LogP contribution is 2.29. The van der Waals surface area contributed by atoms with Gasteiger partial charge in [-0.2, -0.15) is 0 Å². The van der Waals surface area contributed by atoms with Crippen LogP contribution in [0.25, 0.3) is 0 Å². The summed E-state index contributed by atoms with van der Waals surface area (Å²) in [5.41, 5.74) is 0.651. The van der Waals surface area contributed by atoms with Crippen LogP contribution >= 0.6 is 11.6 Å². The summed E-state index contributed by atoms with van der Waals surface area (Å²) in [6.07, 6.45) is 1.79. The molecular weight excluding hydrogens is 264 g/mol. The van der Waals surface area contributed by atoms with Crippen LogP contribution in [0.2, 0.25) is 5.02 Å². The Kier molecular flexibility index (Phi) is 5.05. The number of rotatable bonds is 5. The van der Waals surface area contributed by atoms with Gasteiger partial charge in [-0.3, -0.25) is 4.79 Å². The van der Waals surface area contributed by atoms with Crippen molar-refractivity contribution < 1.29 is 9.53 Å². The third-order valence-electron chi connectivity index (χ3n) is 3.09. The van der Waals surface area contributed by atoms with Crippen LogP contribution in [-0.2, 0) is 4.79 Å².